The van der Waals surface area contributed by atoms with Gasteiger partial charge in [0, 0.05) is 27.6 Å². The molecule has 0 radical (unpaired) electrons. The number of benzene rings is 8. The van der Waals surface area contributed by atoms with E-state index in [-0.39, 0.29) is 0 Å². The van der Waals surface area contributed by atoms with Crippen LogP contribution in [-0.2, 0) is 5.41 Å². The Labute approximate surface area is 323 Å². The first-order valence-corrected chi connectivity index (χ1v) is 19.0. The zero-order chi connectivity index (χ0) is 36.8. The van der Waals surface area contributed by atoms with Gasteiger partial charge in [0.05, 0.1) is 0 Å². The third-order valence-electron chi connectivity index (χ3n) is 11.8. The van der Waals surface area contributed by atoms with Crippen molar-refractivity contribution < 1.29 is 4.42 Å². The van der Waals surface area contributed by atoms with Gasteiger partial charge >= 0.3 is 0 Å². The van der Waals surface area contributed by atoms with E-state index >= 15 is 0 Å². The van der Waals surface area contributed by atoms with E-state index in [1.54, 1.807) is 0 Å². The van der Waals surface area contributed by atoms with Gasteiger partial charge < -0.3 is 4.42 Å². The van der Waals surface area contributed by atoms with E-state index in [1.807, 2.05) is 30.3 Å². The molecule has 0 atom stereocenters. The maximum Gasteiger partial charge on any atom is 0.164 e. The van der Waals surface area contributed by atoms with Crippen LogP contribution in [0.15, 0.2) is 192 Å². The number of hydrogen-bond acceptors (Lipinski definition) is 4. The fraction of sp³-hybridized carbons (Fsp3) is 0.0192. The summed E-state index contributed by atoms with van der Waals surface area (Å²) in [5.74, 6) is 2.92. The standard InChI is InChI=1S/C52H31N3O/c1-2-15-34(16-3-1)49-53-50(55-51(54-49)40-23-12-17-32-14-4-5-18-36(32)40)35-30-28-33(29-31-35)37-22-13-26-44-46(37)47-41-21-8-11-27-45(41)56-48(47)52(44)42-24-9-6-19-38(42)39-20-7-10-25-43(39)52/h1-31H. The molecule has 0 bridgehead atoms. The van der Waals surface area contributed by atoms with E-state index in [4.69, 9.17) is 19.4 Å². The number of furan rings is 1. The Morgan fingerprint density at radius 1 is 0.339 bits per heavy atom. The molecule has 56 heavy (non-hydrogen) atoms. The van der Waals surface area contributed by atoms with E-state index < -0.39 is 5.41 Å². The third kappa shape index (κ3) is 4.27. The smallest absolute Gasteiger partial charge is 0.164 e. The van der Waals surface area contributed by atoms with E-state index in [2.05, 4.69) is 158 Å². The number of fused-ring (bicyclic) bond motifs is 13. The number of aromatic nitrogens is 3. The van der Waals surface area contributed by atoms with Crippen LogP contribution in [0, 0.1) is 0 Å². The van der Waals surface area contributed by atoms with Crippen LogP contribution in [0.1, 0.15) is 22.5 Å². The first-order chi connectivity index (χ1) is 27.8. The van der Waals surface area contributed by atoms with Gasteiger partial charge in [0.15, 0.2) is 17.5 Å². The lowest BCUT2D eigenvalue weighted by atomic mass is 9.73. The minimum Gasteiger partial charge on any atom is -0.459 e. The molecular weight excluding hydrogens is 683 g/mol. The van der Waals surface area contributed by atoms with Gasteiger partial charge in [-0.2, -0.15) is 0 Å². The van der Waals surface area contributed by atoms with Crippen molar-refractivity contribution >= 4 is 21.7 Å². The first-order valence-electron chi connectivity index (χ1n) is 19.0. The summed E-state index contributed by atoms with van der Waals surface area (Å²) >= 11 is 0. The largest absolute Gasteiger partial charge is 0.459 e. The molecule has 0 amide bonds. The van der Waals surface area contributed by atoms with Crippen molar-refractivity contribution in [2.24, 2.45) is 0 Å². The Balaban J connectivity index is 1.05. The minimum absolute atomic E-state index is 0.566. The second-order valence-corrected chi connectivity index (χ2v) is 14.6. The zero-order valence-electron chi connectivity index (χ0n) is 30.1. The summed E-state index contributed by atoms with van der Waals surface area (Å²) in [4.78, 5) is 15.2. The van der Waals surface area contributed by atoms with Gasteiger partial charge in [-0.15, -0.1) is 0 Å². The second kappa shape index (κ2) is 11.8. The van der Waals surface area contributed by atoms with E-state index in [0.717, 1.165) is 55.3 Å². The molecule has 0 unspecified atom stereocenters. The maximum atomic E-state index is 7.01. The first kappa shape index (κ1) is 31.0. The Morgan fingerprint density at radius 3 is 1.62 bits per heavy atom. The molecule has 10 aromatic rings. The summed E-state index contributed by atoms with van der Waals surface area (Å²) in [5, 5.41) is 3.38. The third-order valence-corrected chi connectivity index (χ3v) is 11.8. The van der Waals surface area contributed by atoms with Crippen molar-refractivity contribution in [2.45, 2.75) is 5.41 Å². The Bertz CT molecular complexity index is 3150. The number of rotatable bonds is 4. The Morgan fingerprint density at radius 2 is 0.857 bits per heavy atom. The summed E-state index contributed by atoms with van der Waals surface area (Å²) in [7, 11) is 0. The van der Waals surface area contributed by atoms with E-state index in [9.17, 15) is 0 Å². The van der Waals surface area contributed by atoms with Crippen molar-refractivity contribution in [1.82, 2.24) is 15.0 Å². The average Bonchev–Trinajstić information content (AvgIpc) is 3.90. The molecule has 2 aromatic heterocycles. The predicted octanol–water partition coefficient (Wildman–Crippen LogP) is 12.8. The number of para-hydroxylation sites is 1. The van der Waals surface area contributed by atoms with Gasteiger partial charge in [0.2, 0.25) is 0 Å². The quantitative estimate of drug-likeness (QED) is 0.182. The molecule has 2 heterocycles. The van der Waals surface area contributed by atoms with Crippen LogP contribution >= 0.6 is 0 Å². The maximum absolute atomic E-state index is 7.01. The van der Waals surface area contributed by atoms with Gasteiger partial charge in [-0.1, -0.05) is 182 Å². The highest BCUT2D eigenvalue weighted by Gasteiger charge is 2.55. The lowest BCUT2D eigenvalue weighted by Gasteiger charge is -2.28. The minimum atomic E-state index is -0.566. The summed E-state index contributed by atoms with van der Waals surface area (Å²) in [6.45, 7) is 0. The van der Waals surface area contributed by atoms with Crippen LogP contribution in [0.5, 0.6) is 0 Å². The molecule has 8 aromatic carbocycles. The van der Waals surface area contributed by atoms with Gasteiger partial charge in [-0.3, -0.25) is 0 Å². The second-order valence-electron chi connectivity index (χ2n) is 14.6. The lowest BCUT2D eigenvalue weighted by molar-refractivity contribution is 0.507. The lowest BCUT2D eigenvalue weighted by Crippen LogP contribution is -2.25. The molecule has 0 saturated carbocycles. The predicted molar refractivity (Wildman–Crippen MR) is 225 cm³/mol. The van der Waals surface area contributed by atoms with Crippen molar-refractivity contribution in [3.63, 3.8) is 0 Å². The summed E-state index contributed by atoms with van der Waals surface area (Å²) in [5.41, 5.74) is 14.1. The zero-order valence-corrected chi connectivity index (χ0v) is 30.1. The van der Waals surface area contributed by atoms with Crippen LogP contribution < -0.4 is 0 Å². The van der Waals surface area contributed by atoms with E-state index in [0.29, 0.717) is 17.5 Å². The molecule has 4 heteroatoms. The van der Waals surface area contributed by atoms with Crippen molar-refractivity contribution in [2.75, 3.05) is 0 Å². The van der Waals surface area contributed by atoms with Gasteiger partial charge in [-0.05, 0) is 61.3 Å². The summed E-state index contributed by atoms with van der Waals surface area (Å²) in [6, 6.07) is 66.4. The van der Waals surface area contributed by atoms with Crippen LogP contribution in [0.4, 0.5) is 0 Å². The summed E-state index contributed by atoms with van der Waals surface area (Å²) in [6.07, 6.45) is 0. The topological polar surface area (TPSA) is 51.8 Å². The Kier molecular flexibility index (Phi) is 6.52. The SMILES string of the molecule is c1ccc(-c2nc(-c3ccc(-c4cccc5c4-c4c(oc6ccccc46)C54c5ccccc5-c5ccccc54)cc3)nc(-c3cccc4ccccc34)n2)cc1. The monoisotopic (exact) mass is 713 g/mol. The van der Waals surface area contributed by atoms with Crippen molar-refractivity contribution in [3.8, 4) is 67.5 Å². The van der Waals surface area contributed by atoms with Gasteiger partial charge in [0.1, 0.15) is 16.8 Å². The van der Waals surface area contributed by atoms with E-state index in [1.165, 1.54) is 38.9 Å². The fourth-order valence-corrected chi connectivity index (χ4v) is 9.39. The Hall–Kier alpha value is -7.43. The molecule has 0 fully saturated rings. The molecule has 12 rings (SSSR count). The van der Waals surface area contributed by atoms with Crippen LogP contribution in [-0.4, -0.2) is 15.0 Å². The molecular formula is C52H31N3O. The average molecular weight is 714 g/mol. The highest BCUT2D eigenvalue weighted by atomic mass is 16.3. The molecule has 0 saturated heterocycles. The highest BCUT2D eigenvalue weighted by molar-refractivity contribution is 6.08. The van der Waals surface area contributed by atoms with Crippen LogP contribution in [0.3, 0.4) is 0 Å². The fourth-order valence-electron chi connectivity index (χ4n) is 9.39. The molecule has 1 spiro atoms. The highest BCUT2D eigenvalue weighted by Crippen LogP contribution is 2.65. The molecule has 4 nitrogen and oxygen atoms in total. The van der Waals surface area contributed by atoms with Crippen LogP contribution in [0.2, 0.25) is 0 Å². The molecule has 2 aliphatic carbocycles. The molecule has 260 valence electrons. The van der Waals surface area contributed by atoms with Gasteiger partial charge in [-0.25, -0.2) is 15.0 Å². The molecule has 2 aliphatic rings. The number of hydrogen-bond donors (Lipinski definition) is 0. The van der Waals surface area contributed by atoms with Gasteiger partial charge in [0.25, 0.3) is 0 Å². The van der Waals surface area contributed by atoms with Crippen molar-refractivity contribution in [3.05, 3.63) is 211 Å². The summed E-state index contributed by atoms with van der Waals surface area (Å²) < 4.78 is 7.01. The normalized spacial score (nSPS) is 13.1. The molecule has 0 aliphatic heterocycles. The van der Waals surface area contributed by atoms with Crippen molar-refractivity contribution in [1.29, 1.82) is 0 Å². The van der Waals surface area contributed by atoms with Crippen LogP contribution in [0.25, 0.3) is 89.3 Å². The number of nitrogens with zero attached hydrogens (tertiary/aromatic N) is 3. The molecule has 0 N–H and O–H groups in total.